The molecule has 118 valence electrons. The molecule has 0 atom stereocenters. The van der Waals surface area contributed by atoms with Crippen molar-refractivity contribution < 1.29 is 26.9 Å². The Morgan fingerprint density at radius 3 is 2.14 bits per heavy atom. The summed E-state index contributed by atoms with van der Waals surface area (Å²) in [6.45, 7) is 7.42. The van der Waals surface area contributed by atoms with Crippen LogP contribution in [0.3, 0.4) is 0 Å². The van der Waals surface area contributed by atoms with Crippen LogP contribution in [-0.2, 0) is 15.5 Å². The van der Waals surface area contributed by atoms with Gasteiger partial charge < -0.3 is 13.7 Å². The Bertz CT molecular complexity index is 702. The van der Waals surface area contributed by atoms with Crippen LogP contribution in [-0.4, -0.2) is 18.3 Å². The van der Waals surface area contributed by atoms with Crippen molar-refractivity contribution in [3.8, 4) is 0 Å². The van der Waals surface area contributed by atoms with Gasteiger partial charge in [-0.2, -0.15) is 13.2 Å². The van der Waals surface area contributed by atoms with E-state index in [2.05, 4.69) is 0 Å². The predicted octanol–water partition coefficient (Wildman–Crippen LogP) is 3.75. The zero-order valence-corrected chi connectivity index (χ0v) is 12.7. The van der Waals surface area contributed by atoms with Crippen LogP contribution in [0.15, 0.2) is 28.9 Å². The maximum atomic E-state index is 13.2. The lowest BCUT2D eigenvalue weighted by Gasteiger charge is -2.32. The molecule has 1 saturated heterocycles. The Morgan fingerprint density at radius 1 is 1.00 bits per heavy atom. The van der Waals surface area contributed by atoms with E-state index in [9.17, 15) is 13.2 Å². The Balaban J connectivity index is 2.10. The average molecular weight is 312 g/mol. The first-order chi connectivity index (χ1) is 10.0. The molecule has 0 aliphatic carbocycles. The number of fused-ring (bicyclic) bond motifs is 1. The van der Waals surface area contributed by atoms with Crippen LogP contribution in [0.4, 0.5) is 13.2 Å². The minimum Gasteiger partial charge on any atom is -0.464 e. The van der Waals surface area contributed by atoms with Gasteiger partial charge in [-0.15, -0.1) is 0 Å². The zero-order chi connectivity index (χ0) is 16.3. The third kappa shape index (κ3) is 2.32. The molecule has 1 aromatic carbocycles. The topological polar surface area (TPSA) is 31.6 Å². The molecule has 1 aliphatic rings. The highest BCUT2D eigenvalue weighted by molar-refractivity contribution is 6.62. The predicted molar refractivity (Wildman–Crippen MR) is 76.9 cm³/mol. The quantitative estimate of drug-likeness (QED) is 0.752. The summed E-state index contributed by atoms with van der Waals surface area (Å²) >= 11 is 0. The number of halogens is 3. The highest BCUT2D eigenvalue weighted by atomic mass is 19.4. The van der Waals surface area contributed by atoms with Crippen LogP contribution in [0, 0.1) is 0 Å². The van der Waals surface area contributed by atoms with Crippen molar-refractivity contribution in [3.05, 3.63) is 30.0 Å². The highest BCUT2D eigenvalue weighted by Crippen LogP contribution is 2.38. The summed E-state index contributed by atoms with van der Waals surface area (Å²) in [7, 11) is -0.842. The maximum absolute atomic E-state index is 13.2. The van der Waals surface area contributed by atoms with Gasteiger partial charge in [-0.25, -0.2) is 0 Å². The third-order valence-corrected chi connectivity index (χ3v) is 4.40. The molecule has 0 spiro atoms. The Kier molecular flexibility index (Phi) is 3.17. The van der Waals surface area contributed by atoms with Gasteiger partial charge in [-0.1, -0.05) is 6.07 Å². The van der Waals surface area contributed by atoms with E-state index >= 15 is 0 Å². The molecule has 3 rings (SSSR count). The molecule has 2 aromatic rings. The summed E-state index contributed by atoms with van der Waals surface area (Å²) in [5.74, 6) is 0. The number of rotatable bonds is 1. The fourth-order valence-electron chi connectivity index (χ4n) is 2.43. The minimum absolute atomic E-state index is 0.173. The van der Waals surface area contributed by atoms with E-state index < -0.39 is 30.1 Å². The molecule has 3 nitrogen and oxygen atoms in total. The minimum atomic E-state index is -4.50. The van der Waals surface area contributed by atoms with Gasteiger partial charge in [0.15, 0.2) is 0 Å². The van der Waals surface area contributed by atoms with Crippen molar-refractivity contribution in [2.75, 3.05) is 0 Å². The van der Waals surface area contributed by atoms with Crippen molar-refractivity contribution in [1.29, 1.82) is 0 Å². The van der Waals surface area contributed by atoms with E-state index in [1.54, 1.807) is 6.07 Å². The van der Waals surface area contributed by atoms with Gasteiger partial charge >= 0.3 is 13.3 Å². The molecule has 7 heteroatoms. The fourth-order valence-corrected chi connectivity index (χ4v) is 2.43. The second-order valence-corrected chi connectivity index (χ2v) is 6.49. The standard InChI is InChI=1S/C15H16BF3O3/c1-13(2)14(3,4)22-16(21-13)10-7-9-5-6-20-12(9)11(8-10)15(17,18)19/h5-8H,1-4H3. The summed E-state index contributed by atoms with van der Waals surface area (Å²) in [5.41, 5.74) is -1.88. The molecule has 1 aliphatic heterocycles. The van der Waals surface area contributed by atoms with E-state index in [0.717, 1.165) is 6.07 Å². The summed E-state index contributed by atoms with van der Waals surface area (Å²) in [4.78, 5) is 0. The molecule has 0 N–H and O–H groups in total. The zero-order valence-electron chi connectivity index (χ0n) is 12.7. The average Bonchev–Trinajstić information content (AvgIpc) is 2.89. The number of hydrogen-bond acceptors (Lipinski definition) is 3. The molecular weight excluding hydrogens is 296 g/mol. The Morgan fingerprint density at radius 2 is 1.59 bits per heavy atom. The van der Waals surface area contributed by atoms with Gasteiger partial charge in [0.25, 0.3) is 0 Å². The lowest BCUT2D eigenvalue weighted by atomic mass is 9.77. The number of hydrogen-bond donors (Lipinski definition) is 0. The van der Waals surface area contributed by atoms with Crippen molar-refractivity contribution in [3.63, 3.8) is 0 Å². The molecule has 0 unspecified atom stereocenters. The van der Waals surface area contributed by atoms with Crippen LogP contribution in [0.25, 0.3) is 11.0 Å². The summed E-state index contributed by atoms with van der Waals surface area (Å²) in [6, 6.07) is 4.14. The first-order valence-corrected chi connectivity index (χ1v) is 6.95. The molecule has 1 fully saturated rings. The normalized spacial score (nSPS) is 20.8. The summed E-state index contributed by atoms with van der Waals surface area (Å²) in [6.07, 6.45) is -3.26. The van der Waals surface area contributed by atoms with Gasteiger partial charge in [-0.05, 0) is 45.3 Å². The summed E-state index contributed by atoms with van der Waals surface area (Å²) in [5, 5.41) is 0.375. The third-order valence-electron chi connectivity index (χ3n) is 4.40. The molecular formula is C15H16BF3O3. The first-order valence-electron chi connectivity index (χ1n) is 6.95. The van der Waals surface area contributed by atoms with Crippen LogP contribution < -0.4 is 5.46 Å². The number of benzene rings is 1. The van der Waals surface area contributed by atoms with Crippen LogP contribution in [0.2, 0.25) is 0 Å². The van der Waals surface area contributed by atoms with E-state index in [1.807, 2.05) is 27.7 Å². The van der Waals surface area contributed by atoms with E-state index in [1.165, 1.54) is 12.3 Å². The summed E-state index contributed by atoms with van der Waals surface area (Å²) < 4.78 is 56.3. The number of furan rings is 1. The van der Waals surface area contributed by atoms with Gasteiger partial charge in [0, 0.05) is 5.39 Å². The Hall–Kier alpha value is -1.47. The van der Waals surface area contributed by atoms with Gasteiger partial charge in [0.2, 0.25) is 0 Å². The van der Waals surface area contributed by atoms with E-state index in [-0.39, 0.29) is 5.58 Å². The molecule has 22 heavy (non-hydrogen) atoms. The maximum Gasteiger partial charge on any atom is 0.494 e. The van der Waals surface area contributed by atoms with Gasteiger partial charge in [0.05, 0.1) is 23.0 Å². The smallest absolute Gasteiger partial charge is 0.464 e. The molecule has 0 radical (unpaired) electrons. The van der Waals surface area contributed by atoms with Crippen molar-refractivity contribution in [2.45, 2.75) is 45.1 Å². The molecule has 0 saturated carbocycles. The second kappa shape index (κ2) is 4.52. The Labute approximate surface area is 126 Å². The molecule has 0 amide bonds. The number of alkyl halides is 3. The highest BCUT2D eigenvalue weighted by Gasteiger charge is 2.52. The SMILES string of the molecule is CC1(C)OB(c2cc(C(F)(F)F)c3occc3c2)OC1(C)C. The monoisotopic (exact) mass is 312 g/mol. The van der Waals surface area contributed by atoms with Crippen LogP contribution >= 0.6 is 0 Å². The molecule has 2 heterocycles. The van der Waals surface area contributed by atoms with Crippen LogP contribution in [0.1, 0.15) is 33.3 Å². The largest absolute Gasteiger partial charge is 0.494 e. The molecule has 1 aromatic heterocycles. The fraction of sp³-hybridized carbons (Fsp3) is 0.467. The lowest BCUT2D eigenvalue weighted by molar-refractivity contribution is -0.136. The molecule has 0 bridgehead atoms. The van der Waals surface area contributed by atoms with Crippen LogP contribution in [0.5, 0.6) is 0 Å². The lowest BCUT2D eigenvalue weighted by Crippen LogP contribution is -2.41. The van der Waals surface area contributed by atoms with E-state index in [0.29, 0.717) is 10.8 Å². The van der Waals surface area contributed by atoms with Crippen molar-refractivity contribution in [2.24, 2.45) is 0 Å². The first kappa shape index (κ1) is 15.4. The van der Waals surface area contributed by atoms with Gasteiger partial charge in [-0.3, -0.25) is 0 Å². The van der Waals surface area contributed by atoms with Gasteiger partial charge in [0.1, 0.15) is 5.58 Å². The van der Waals surface area contributed by atoms with Crippen molar-refractivity contribution >= 4 is 23.6 Å². The second-order valence-electron chi connectivity index (χ2n) is 6.49. The van der Waals surface area contributed by atoms with E-state index in [4.69, 9.17) is 13.7 Å². The van der Waals surface area contributed by atoms with Crippen molar-refractivity contribution in [1.82, 2.24) is 0 Å².